The quantitative estimate of drug-likeness (QED) is 0.402. The number of anilines is 2. The van der Waals surface area contributed by atoms with E-state index >= 15 is 0 Å². The van der Waals surface area contributed by atoms with Crippen LogP contribution in [0.25, 0.3) is 0 Å². The van der Waals surface area contributed by atoms with Crippen molar-refractivity contribution in [2.45, 2.75) is 26.5 Å². The van der Waals surface area contributed by atoms with E-state index in [0.29, 0.717) is 58.0 Å². The molecule has 0 aromatic carbocycles. The number of aromatic nitrogens is 4. The highest BCUT2D eigenvalue weighted by Crippen LogP contribution is 2.13. The molecule has 0 atom stereocenters. The zero-order valence-electron chi connectivity index (χ0n) is 16.4. The average Bonchev–Trinajstić information content (AvgIpc) is 2.69. The first-order chi connectivity index (χ1) is 13.7. The summed E-state index contributed by atoms with van der Waals surface area (Å²) in [5, 5.41) is 6.26. The molecule has 2 aromatic heterocycles. The number of pyridine rings is 1. The molecule has 0 aliphatic carbocycles. The second kappa shape index (κ2) is 12.8. The monoisotopic (exact) mass is 391 g/mol. The van der Waals surface area contributed by atoms with Crippen LogP contribution in [-0.4, -0.2) is 65.6 Å². The Labute approximate surface area is 165 Å². The van der Waals surface area contributed by atoms with E-state index in [4.69, 9.17) is 19.9 Å². The molecule has 0 aliphatic rings. The highest BCUT2D eigenvalue weighted by atomic mass is 16.5. The van der Waals surface area contributed by atoms with Crippen LogP contribution in [0.15, 0.2) is 24.4 Å². The van der Waals surface area contributed by atoms with Gasteiger partial charge in [-0.25, -0.2) is 0 Å². The standard InChI is InChI=1S/C18H29N7O3/c1-14(2)28-18-24-16(21-8-10-27-12-11-26-9-6-19)23-17(25-18)22-13-15-5-3-4-7-20-15/h3-5,7,14H,6,8-13,19H2,1-2H3,(H2,21,22,23,24,25). The molecule has 0 saturated heterocycles. The fraction of sp³-hybridized carbons (Fsp3) is 0.556. The summed E-state index contributed by atoms with van der Waals surface area (Å²) >= 11 is 0. The number of hydrogen-bond acceptors (Lipinski definition) is 10. The molecule has 0 radical (unpaired) electrons. The highest BCUT2D eigenvalue weighted by molar-refractivity contribution is 5.36. The maximum absolute atomic E-state index is 5.61. The van der Waals surface area contributed by atoms with Gasteiger partial charge in [0.25, 0.3) is 0 Å². The van der Waals surface area contributed by atoms with Crippen LogP contribution < -0.4 is 21.1 Å². The third-order valence-corrected chi connectivity index (χ3v) is 3.27. The summed E-state index contributed by atoms with van der Waals surface area (Å²) in [5.41, 5.74) is 6.23. The van der Waals surface area contributed by atoms with Crippen molar-refractivity contribution in [3.8, 4) is 6.01 Å². The van der Waals surface area contributed by atoms with Gasteiger partial charge in [0.05, 0.1) is 44.8 Å². The normalized spacial score (nSPS) is 10.9. The van der Waals surface area contributed by atoms with Crippen molar-refractivity contribution in [2.75, 3.05) is 50.2 Å². The number of nitrogens with one attached hydrogen (secondary N) is 2. The zero-order chi connectivity index (χ0) is 20.0. The highest BCUT2D eigenvalue weighted by Gasteiger charge is 2.09. The fourth-order valence-electron chi connectivity index (χ4n) is 2.09. The van der Waals surface area contributed by atoms with Gasteiger partial charge in [-0.15, -0.1) is 0 Å². The van der Waals surface area contributed by atoms with Gasteiger partial charge in [-0.1, -0.05) is 6.07 Å². The van der Waals surface area contributed by atoms with E-state index in [0.717, 1.165) is 5.69 Å². The Hall–Kier alpha value is -2.56. The third kappa shape index (κ3) is 8.89. The predicted octanol–water partition coefficient (Wildman–Crippen LogP) is 1.07. The van der Waals surface area contributed by atoms with Gasteiger partial charge in [-0.05, 0) is 26.0 Å². The van der Waals surface area contributed by atoms with Gasteiger partial charge >= 0.3 is 6.01 Å². The van der Waals surface area contributed by atoms with Crippen LogP contribution in [0.2, 0.25) is 0 Å². The van der Waals surface area contributed by atoms with E-state index in [1.807, 2.05) is 32.0 Å². The van der Waals surface area contributed by atoms with E-state index in [1.165, 1.54) is 0 Å². The van der Waals surface area contributed by atoms with E-state index < -0.39 is 0 Å². The molecule has 28 heavy (non-hydrogen) atoms. The van der Waals surface area contributed by atoms with Gasteiger partial charge < -0.3 is 30.6 Å². The molecule has 0 spiro atoms. The van der Waals surface area contributed by atoms with Crippen LogP contribution in [0, 0.1) is 0 Å². The lowest BCUT2D eigenvalue weighted by Gasteiger charge is -2.12. The molecular formula is C18H29N7O3. The molecule has 0 aliphatic heterocycles. The maximum Gasteiger partial charge on any atom is 0.323 e. The van der Waals surface area contributed by atoms with E-state index in [-0.39, 0.29) is 12.1 Å². The molecule has 0 unspecified atom stereocenters. The second-order valence-electron chi connectivity index (χ2n) is 6.05. The molecule has 0 saturated carbocycles. The Morgan fingerprint density at radius 3 is 2.39 bits per heavy atom. The van der Waals surface area contributed by atoms with Crippen LogP contribution in [0.3, 0.4) is 0 Å². The number of hydrogen-bond donors (Lipinski definition) is 3. The summed E-state index contributed by atoms with van der Waals surface area (Å²) in [6, 6.07) is 5.98. The van der Waals surface area contributed by atoms with Gasteiger partial charge in [0.2, 0.25) is 11.9 Å². The minimum Gasteiger partial charge on any atom is -0.461 e. The van der Waals surface area contributed by atoms with Crippen LogP contribution in [-0.2, 0) is 16.0 Å². The molecule has 154 valence electrons. The van der Waals surface area contributed by atoms with Gasteiger partial charge in [0.1, 0.15) is 0 Å². The largest absolute Gasteiger partial charge is 0.461 e. The van der Waals surface area contributed by atoms with Crippen molar-refractivity contribution < 1.29 is 14.2 Å². The SMILES string of the molecule is CC(C)Oc1nc(NCCOCCOCCN)nc(NCc2ccccn2)n1. The Bertz CT molecular complexity index is 673. The Kier molecular flexibility index (Phi) is 9.91. The molecule has 2 heterocycles. The van der Waals surface area contributed by atoms with Crippen LogP contribution >= 0.6 is 0 Å². The smallest absolute Gasteiger partial charge is 0.323 e. The molecule has 2 rings (SSSR count). The molecule has 4 N–H and O–H groups in total. The minimum absolute atomic E-state index is 0.0456. The first-order valence-corrected chi connectivity index (χ1v) is 9.33. The maximum atomic E-state index is 5.61. The van der Waals surface area contributed by atoms with Crippen molar-refractivity contribution in [2.24, 2.45) is 5.73 Å². The molecule has 0 fully saturated rings. The van der Waals surface area contributed by atoms with Crippen molar-refractivity contribution in [1.82, 2.24) is 19.9 Å². The van der Waals surface area contributed by atoms with E-state index in [9.17, 15) is 0 Å². The molecule has 2 aromatic rings. The summed E-state index contributed by atoms with van der Waals surface area (Å²) in [4.78, 5) is 17.2. The van der Waals surface area contributed by atoms with Crippen molar-refractivity contribution >= 4 is 11.9 Å². The van der Waals surface area contributed by atoms with Gasteiger partial charge in [-0.2, -0.15) is 15.0 Å². The van der Waals surface area contributed by atoms with Gasteiger partial charge in [-0.3, -0.25) is 4.98 Å². The topological polar surface area (TPSA) is 129 Å². The lowest BCUT2D eigenvalue weighted by atomic mass is 10.3. The summed E-state index contributed by atoms with van der Waals surface area (Å²) in [6.07, 6.45) is 1.70. The fourth-order valence-corrected chi connectivity index (χ4v) is 2.09. The summed E-state index contributed by atoms with van der Waals surface area (Å²) in [7, 11) is 0. The number of rotatable bonds is 14. The van der Waals surface area contributed by atoms with Crippen molar-refractivity contribution in [3.05, 3.63) is 30.1 Å². The first kappa shape index (κ1) is 21.7. The van der Waals surface area contributed by atoms with Gasteiger partial charge in [0.15, 0.2) is 0 Å². The molecule has 0 bridgehead atoms. The number of nitrogens with zero attached hydrogens (tertiary/aromatic N) is 4. The minimum atomic E-state index is -0.0456. The second-order valence-corrected chi connectivity index (χ2v) is 6.05. The Morgan fingerprint density at radius 1 is 0.964 bits per heavy atom. The lowest BCUT2D eigenvalue weighted by Crippen LogP contribution is -2.17. The number of ether oxygens (including phenoxy) is 3. The predicted molar refractivity (Wildman–Crippen MR) is 106 cm³/mol. The van der Waals surface area contributed by atoms with E-state index in [1.54, 1.807) is 6.20 Å². The molecule has 0 amide bonds. The van der Waals surface area contributed by atoms with Crippen molar-refractivity contribution in [1.29, 1.82) is 0 Å². The molecular weight excluding hydrogens is 362 g/mol. The van der Waals surface area contributed by atoms with Crippen LogP contribution in [0.1, 0.15) is 19.5 Å². The lowest BCUT2D eigenvalue weighted by molar-refractivity contribution is 0.0547. The first-order valence-electron chi connectivity index (χ1n) is 9.33. The summed E-state index contributed by atoms with van der Waals surface area (Å²) < 4.78 is 16.3. The summed E-state index contributed by atoms with van der Waals surface area (Å²) in [6.45, 7) is 7.46. The number of nitrogens with two attached hydrogens (primary N) is 1. The van der Waals surface area contributed by atoms with E-state index in [2.05, 4.69) is 30.6 Å². The summed E-state index contributed by atoms with van der Waals surface area (Å²) in [5.74, 6) is 0.826. The molecule has 10 nitrogen and oxygen atoms in total. The zero-order valence-corrected chi connectivity index (χ0v) is 16.4. The average molecular weight is 391 g/mol. The van der Waals surface area contributed by atoms with Gasteiger partial charge in [0, 0.05) is 19.3 Å². The third-order valence-electron chi connectivity index (χ3n) is 3.27. The molecule has 10 heteroatoms. The Morgan fingerprint density at radius 2 is 1.71 bits per heavy atom. The van der Waals surface area contributed by atoms with Crippen LogP contribution in [0.4, 0.5) is 11.9 Å². The Balaban J connectivity index is 1.85. The van der Waals surface area contributed by atoms with Crippen LogP contribution in [0.5, 0.6) is 6.01 Å². The van der Waals surface area contributed by atoms with Crippen molar-refractivity contribution in [3.63, 3.8) is 0 Å².